The number of sulfonamides is 1. The van der Waals surface area contributed by atoms with Gasteiger partial charge in [-0.3, -0.25) is 4.79 Å². The lowest BCUT2D eigenvalue weighted by molar-refractivity contribution is -0.133. The minimum atomic E-state index is -3.80. The zero-order chi connectivity index (χ0) is 26.3. The Morgan fingerprint density at radius 2 is 1.78 bits per heavy atom. The largest absolute Gasteiger partial charge is 0.465 e. The molecular weight excluding hydrogens is 516 g/mol. The molecule has 9 nitrogen and oxygen atoms in total. The summed E-state index contributed by atoms with van der Waals surface area (Å²) in [6, 6.07) is 13.8. The van der Waals surface area contributed by atoms with Crippen molar-refractivity contribution in [2.24, 2.45) is 0 Å². The highest BCUT2D eigenvalue weighted by molar-refractivity contribution is 7.89. The van der Waals surface area contributed by atoms with Gasteiger partial charge in [0.25, 0.3) is 0 Å². The summed E-state index contributed by atoms with van der Waals surface area (Å²) in [4.78, 5) is 30.7. The average Bonchev–Trinajstić information content (AvgIpc) is 3.25. The Labute approximate surface area is 220 Å². The second-order valence-electron chi connectivity index (χ2n) is 9.69. The molecule has 1 saturated heterocycles. The van der Waals surface area contributed by atoms with Gasteiger partial charge in [0.2, 0.25) is 15.9 Å². The molecule has 3 N–H and O–H groups in total. The zero-order valence-electron chi connectivity index (χ0n) is 20.4. The summed E-state index contributed by atoms with van der Waals surface area (Å²) < 4.78 is 28.8. The Morgan fingerprint density at radius 1 is 1.11 bits per heavy atom. The maximum Gasteiger partial charge on any atom is 0.407 e. The number of carboxylic acid groups (broad SMARTS) is 1. The number of aromatic amines is 1. The van der Waals surface area contributed by atoms with Gasteiger partial charge < -0.3 is 19.9 Å². The number of carbonyl (C=O) groups excluding carboxylic acids is 1. The van der Waals surface area contributed by atoms with E-state index in [0.717, 1.165) is 27.7 Å². The normalized spacial score (nSPS) is 20.7. The van der Waals surface area contributed by atoms with E-state index in [9.17, 15) is 18.0 Å². The third-order valence-electron chi connectivity index (χ3n) is 7.37. The van der Waals surface area contributed by atoms with Crippen LogP contribution in [0.5, 0.6) is 0 Å². The summed E-state index contributed by atoms with van der Waals surface area (Å²) in [5, 5.41) is 10.2. The highest BCUT2D eigenvalue weighted by Gasteiger charge is 2.38. The molecule has 2 atom stereocenters. The number of benzene rings is 2. The number of hydrogen-bond acceptors (Lipinski definition) is 4. The number of fused-ring (bicyclic) bond motifs is 3. The predicted molar refractivity (Wildman–Crippen MR) is 140 cm³/mol. The van der Waals surface area contributed by atoms with Gasteiger partial charge in [0.1, 0.15) is 5.88 Å². The van der Waals surface area contributed by atoms with Crippen LogP contribution in [-0.2, 0) is 21.2 Å². The Kier molecular flexibility index (Phi) is 6.91. The first-order valence-corrected chi connectivity index (χ1v) is 14.3. The van der Waals surface area contributed by atoms with Crippen molar-refractivity contribution in [3.8, 4) is 0 Å². The number of rotatable bonds is 5. The topological polar surface area (TPSA) is 123 Å². The maximum atomic E-state index is 13.1. The van der Waals surface area contributed by atoms with Crippen molar-refractivity contribution in [2.45, 2.75) is 49.2 Å². The van der Waals surface area contributed by atoms with Gasteiger partial charge in [0.05, 0.1) is 10.9 Å². The third kappa shape index (κ3) is 4.81. The number of H-pyrrole nitrogens is 1. The molecule has 3 heterocycles. The van der Waals surface area contributed by atoms with Crippen molar-refractivity contribution in [3.05, 3.63) is 65.4 Å². The average molecular weight is 545 g/mol. The van der Waals surface area contributed by atoms with Gasteiger partial charge in [-0.05, 0) is 55.5 Å². The number of halogens is 1. The lowest BCUT2D eigenvalue weighted by atomic mass is 9.88. The van der Waals surface area contributed by atoms with E-state index in [2.05, 4.69) is 15.8 Å². The second-order valence-corrected chi connectivity index (χ2v) is 11.7. The van der Waals surface area contributed by atoms with E-state index >= 15 is 0 Å². The highest BCUT2D eigenvalue weighted by Crippen LogP contribution is 2.41. The number of nitrogens with zero attached hydrogens (tertiary/aromatic N) is 2. The molecule has 196 valence electrons. The van der Waals surface area contributed by atoms with Gasteiger partial charge in [0, 0.05) is 41.8 Å². The van der Waals surface area contributed by atoms with Crippen LogP contribution >= 0.6 is 11.6 Å². The summed E-state index contributed by atoms with van der Waals surface area (Å²) in [6.07, 6.45) is 0.536. The van der Waals surface area contributed by atoms with Crippen LogP contribution in [0, 0.1) is 0 Å². The number of carbonyl (C=O) groups is 2. The van der Waals surface area contributed by atoms with E-state index in [-0.39, 0.29) is 28.8 Å². The molecule has 0 radical (unpaired) electrons. The Balaban J connectivity index is 1.44. The molecule has 2 amide bonds. The van der Waals surface area contributed by atoms with Gasteiger partial charge in [-0.1, -0.05) is 30.3 Å². The minimum Gasteiger partial charge on any atom is -0.465 e. The van der Waals surface area contributed by atoms with Gasteiger partial charge in [-0.15, -0.1) is 11.6 Å². The van der Waals surface area contributed by atoms with Gasteiger partial charge in [-0.2, -0.15) is 0 Å². The van der Waals surface area contributed by atoms with Crippen molar-refractivity contribution in [2.75, 3.05) is 19.0 Å². The number of amides is 2. The van der Waals surface area contributed by atoms with Crippen molar-refractivity contribution in [1.82, 2.24) is 19.5 Å². The minimum absolute atomic E-state index is 0.0929. The lowest BCUT2D eigenvalue weighted by Crippen LogP contribution is -2.47. The molecule has 0 spiro atoms. The second kappa shape index (κ2) is 10.00. The van der Waals surface area contributed by atoms with Gasteiger partial charge >= 0.3 is 6.09 Å². The molecule has 2 aliphatic rings. The summed E-state index contributed by atoms with van der Waals surface area (Å²) in [6.45, 7) is 2.58. The first-order valence-electron chi connectivity index (χ1n) is 12.3. The molecule has 2 aliphatic heterocycles. The van der Waals surface area contributed by atoms with E-state index in [1.165, 1.54) is 4.90 Å². The maximum absolute atomic E-state index is 13.1. The fraction of sp³-hybridized carbons (Fsp3) is 0.385. The Bertz CT molecular complexity index is 1430. The number of hydrogen-bond donors (Lipinski definition) is 3. The summed E-state index contributed by atoms with van der Waals surface area (Å²) in [5.41, 5.74) is 3.84. The van der Waals surface area contributed by atoms with Crippen molar-refractivity contribution < 1.29 is 23.1 Å². The molecule has 5 rings (SSSR count). The first-order chi connectivity index (χ1) is 17.7. The van der Waals surface area contributed by atoms with Crippen LogP contribution in [0.2, 0.25) is 0 Å². The molecule has 3 aromatic rings. The fourth-order valence-electron chi connectivity index (χ4n) is 5.55. The van der Waals surface area contributed by atoms with Crippen LogP contribution in [-0.4, -0.2) is 71.4 Å². The summed E-state index contributed by atoms with van der Waals surface area (Å²) in [5.74, 6) is -0.331. The van der Waals surface area contributed by atoms with Crippen LogP contribution in [0.25, 0.3) is 10.9 Å². The van der Waals surface area contributed by atoms with E-state index < -0.39 is 22.2 Å². The van der Waals surface area contributed by atoms with Crippen molar-refractivity contribution in [1.29, 1.82) is 0 Å². The van der Waals surface area contributed by atoms with Crippen LogP contribution in [0.1, 0.15) is 42.6 Å². The zero-order valence-corrected chi connectivity index (χ0v) is 21.9. The molecule has 0 unspecified atom stereocenters. The third-order valence-corrected chi connectivity index (χ3v) is 9.13. The molecule has 0 saturated carbocycles. The number of piperidine rings is 1. The van der Waals surface area contributed by atoms with Crippen molar-refractivity contribution >= 4 is 44.5 Å². The highest BCUT2D eigenvalue weighted by atomic mass is 35.5. The molecule has 37 heavy (non-hydrogen) atoms. The lowest BCUT2D eigenvalue weighted by Gasteiger charge is -2.40. The van der Waals surface area contributed by atoms with Gasteiger partial charge in [-0.25, -0.2) is 17.9 Å². The van der Waals surface area contributed by atoms with E-state index in [4.69, 9.17) is 16.7 Å². The van der Waals surface area contributed by atoms with Crippen LogP contribution < -0.4 is 4.72 Å². The first kappa shape index (κ1) is 25.6. The Hall–Kier alpha value is -3.08. The smallest absolute Gasteiger partial charge is 0.407 e. The summed E-state index contributed by atoms with van der Waals surface area (Å²) >= 11 is 5.99. The molecule has 0 bridgehead atoms. The standard InChI is InChI=1S/C26H29ClN4O5S/c1-16-14-21-20-4-2-3-5-22(20)28-24(21)25(31(16)23(32)15-27)17-6-8-19(9-7-17)37(35,36)29-18-10-12-30(13-11-18)26(33)34/h2-9,16,18,25,28-29H,10-15H2,1H3,(H,33,34)/t16-,25-/m0/s1. The number of likely N-dealkylation sites (tertiary alicyclic amines) is 1. The fourth-order valence-corrected chi connectivity index (χ4v) is 7.00. The van der Waals surface area contributed by atoms with Gasteiger partial charge in [0.15, 0.2) is 0 Å². The van der Waals surface area contributed by atoms with Crippen LogP contribution in [0.4, 0.5) is 4.79 Å². The monoisotopic (exact) mass is 544 g/mol. The predicted octanol–water partition coefficient (Wildman–Crippen LogP) is 3.69. The number of para-hydroxylation sites is 1. The molecule has 1 aromatic heterocycles. The number of nitrogens with one attached hydrogen (secondary N) is 2. The van der Waals surface area contributed by atoms with Crippen LogP contribution in [0.15, 0.2) is 53.4 Å². The van der Waals surface area contributed by atoms with E-state index in [1.807, 2.05) is 25.1 Å². The Morgan fingerprint density at radius 3 is 2.43 bits per heavy atom. The molecular formula is C26H29ClN4O5S. The van der Waals surface area contributed by atoms with E-state index in [1.54, 1.807) is 29.2 Å². The van der Waals surface area contributed by atoms with E-state index in [0.29, 0.717) is 32.4 Å². The molecule has 0 aliphatic carbocycles. The molecule has 1 fully saturated rings. The quantitative estimate of drug-likeness (QED) is 0.423. The molecule has 11 heteroatoms. The van der Waals surface area contributed by atoms with Crippen LogP contribution in [0.3, 0.4) is 0 Å². The van der Waals surface area contributed by atoms with Crippen molar-refractivity contribution in [3.63, 3.8) is 0 Å². The number of alkyl halides is 1. The molecule has 2 aromatic carbocycles. The summed E-state index contributed by atoms with van der Waals surface area (Å²) in [7, 11) is -3.80. The number of aromatic nitrogens is 1. The SMILES string of the molecule is C[C@H]1Cc2c([nH]c3ccccc23)[C@H](c2ccc(S(=O)(=O)NC3CCN(C(=O)O)CC3)cc2)N1C(=O)CCl.